The molecule has 3 nitrogen and oxygen atoms in total. The number of Topliss-reactive ketones (excluding diaryl/α,β-unsaturated/α-hetero) is 1. The van der Waals surface area contributed by atoms with Gasteiger partial charge < -0.3 is 5.32 Å². The van der Waals surface area contributed by atoms with Crippen LogP contribution < -0.4 is 5.32 Å². The minimum absolute atomic E-state index is 0.00972. The molecule has 1 N–H and O–H groups in total. The lowest BCUT2D eigenvalue weighted by Crippen LogP contribution is -2.19. The Balaban J connectivity index is 2.25. The van der Waals surface area contributed by atoms with E-state index in [1.165, 1.54) is 0 Å². The van der Waals surface area contributed by atoms with E-state index in [-0.39, 0.29) is 17.6 Å². The third-order valence-corrected chi connectivity index (χ3v) is 2.84. The minimum atomic E-state index is -0.00972. The highest BCUT2D eigenvalue weighted by Gasteiger charge is 2.29. The van der Waals surface area contributed by atoms with Gasteiger partial charge in [-0.15, -0.1) is 0 Å². The van der Waals surface area contributed by atoms with Crippen molar-refractivity contribution in [2.45, 2.75) is 18.8 Å². The first-order valence-electron chi connectivity index (χ1n) is 5.05. The van der Waals surface area contributed by atoms with E-state index in [1.807, 2.05) is 24.3 Å². The second-order valence-electron chi connectivity index (χ2n) is 3.79. The summed E-state index contributed by atoms with van der Waals surface area (Å²) in [5, 5.41) is 2.59. The van der Waals surface area contributed by atoms with Crippen LogP contribution in [0, 0.1) is 0 Å². The van der Waals surface area contributed by atoms with Crippen molar-refractivity contribution in [2.75, 3.05) is 7.05 Å². The van der Waals surface area contributed by atoms with E-state index in [0.29, 0.717) is 12.8 Å². The molecule has 1 amide bonds. The Morgan fingerprint density at radius 1 is 1.47 bits per heavy atom. The monoisotopic (exact) mass is 203 g/mol. The molecule has 1 aromatic carbocycles. The molecule has 0 saturated heterocycles. The molecule has 3 heteroatoms. The Hall–Kier alpha value is -1.64. The maximum absolute atomic E-state index is 11.6. The van der Waals surface area contributed by atoms with Crippen LogP contribution in [0.3, 0.4) is 0 Å². The molecule has 1 aromatic rings. The Labute approximate surface area is 88.5 Å². The van der Waals surface area contributed by atoms with Gasteiger partial charge in [0.25, 0.3) is 0 Å². The van der Waals surface area contributed by atoms with Gasteiger partial charge in [0.1, 0.15) is 0 Å². The molecular weight excluding hydrogens is 190 g/mol. The van der Waals surface area contributed by atoms with E-state index < -0.39 is 0 Å². The van der Waals surface area contributed by atoms with Gasteiger partial charge in [0.05, 0.1) is 0 Å². The Morgan fingerprint density at radius 3 is 2.93 bits per heavy atom. The van der Waals surface area contributed by atoms with E-state index in [0.717, 1.165) is 11.1 Å². The highest BCUT2D eigenvalue weighted by Crippen LogP contribution is 2.34. The zero-order chi connectivity index (χ0) is 10.8. The summed E-state index contributed by atoms with van der Waals surface area (Å²) in [6.07, 6.45) is 0.867. The molecule has 0 saturated carbocycles. The average Bonchev–Trinajstić information content (AvgIpc) is 2.57. The van der Waals surface area contributed by atoms with Gasteiger partial charge in [-0.05, 0) is 5.56 Å². The maximum Gasteiger partial charge on any atom is 0.220 e. The number of benzene rings is 1. The lowest BCUT2D eigenvalue weighted by Gasteiger charge is -2.08. The molecule has 1 aliphatic rings. The zero-order valence-electron chi connectivity index (χ0n) is 8.62. The van der Waals surface area contributed by atoms with E-state index in [2.05, 4.69) is 5.32 Å². The average molecular weight is 203 g/mol. The first-order valence-corrected chi connectivity index (χ1v) is 5.05. The van der Waals surface area contributed by atoms with Crippen LogP contribution in [0.2, 0.25) is 0 Å². The van der Waals surface area contributed by atoms with Crippen LogP contribution in [0.5, 0.6) is 0 Å². The third-order valence-electron chi connectivity index (χ3n) is 2.84. The van der Waals surface area contributed by atoms with Gasteiger partial charge in [-0.2, -0.15) is 0 Å². The number of amides is 1. The van der Waals surface area contributed by atoms with Gasteiger partial charge in [0, 0.05) is 31.4 Å². The summed E-state index contributed by atoms with van der Waals surface area (Å²) in [6.45, 7) is 0. The fourth-order valence-electron chi connectivity index (χ4n) is 2.06. The molecular formula is C12H13NO2. The van der Waals surface area contributed by atoms with E-state index in [1.54, 1.807) is 7.05 Å². The first kappa shape index (κ1) is 9.90. The van der Waals surface area contributed by atoms with E-state index in [9.17, 15) is 9.59 Å². The van der Waals surface area contributed by atoms with Crippen molar-refractivity contribution in [1.29, 1.82) is 0 Å². The van der Waals surface area contributed by atoms with E-state index >= 15 is 0 Å². The van der Waals surface area contributed by atoms with Crippen molar-refractivity contribution in [3.05, 3.63) is 35.4 Å². The Morgan fingerprint density at radius 2 is 2.20 bits per heavy atom. The van der Waals surface area contributed by atoms with Gasteiger partial charge in [-0.1, -0.05) is 24.3 Å². The summed E-state index contributed by atoms with van der Waals surface area (Å²) in [5.41, 5.74) is 1.80. The molecule has 0 spiro atoms. The van der Waals surface area contributed by atoms with Crippen LogP contribution >= 0.6 is 0 Å². The van der Waals surface area contributed by atoms with Gasteiger partial charge in [0.2, 0.25) is 5.91 Å². The number of carbonyl (C=O) groups excluding carboxylic acids is 2. The number of fused-ring (bicyclic) bond motifs is 1. The summed E-state index contributed by atoms with van der Waals surface area (Å²) < 4.78 is 0. The fourth-order valence-corrected chi connectivity index (χ4v) is 2.06. The first-order chi connectivity index (χ1) is 7.22. The molecule has 1 atom stereocenters. The van der Waals surface area contributed by atoms with Gasteiger partial charge in [-0.25, -0.2) is 0 Å². The largest absolute Gasteiger partial charge is 0.359 e. The smallest absolute Gasteiger partial charge is 0.220 e. The summed E-state index contributed by atoms with van der Waals surface area (Å²) in [4.78, 5) is 22.9. The standard InChI is InChI=1S/C12H13NO2/c1-13-12(15)7-8-6-11(14)10-5-3-2-4-9(8)10/h2-5,8H,6-7H2,1H3,(H,13,15). The summed E-state index contributed by atoms with van der Waals surface area (Å²) in [6, 6.07) is 7.54. The third kappa shape index (κ3) is 1.77. The van der Waals surface area contributed by atoms with Crippen molar-refractivity contribution < 1.29 is 9.59 Å². The van der Waals surface area contributed by atoms with Crippen LogP contribution in [-0.4, -0.2) is 18.7 Å². The lowest BCUT2D eigenvalue weighted by molar-refractivity contribution is -0.120. The van der Waals surface area contributed by atoms with Gasteiger partial charge in [0.15, 0.2) is 5.78 Å². The quantitative estimate of drug-likeness (QED) is 0.791. The summed E-state index contributed by atoms with van der Waals surface area (Å²) in [5.74, 6) is 0.206. The number of ketones is 1. The molecule has 0 aromatic heterocycles. The molecule has 0 bridgehead atoms. The van der Waals surface area contributed by atoms with Crippen molar-refractivity contribution >= 4 is 11.7 Å². The second-order valence-corrected chi connectivity index (χ2v) is 3.79. The molecule has 2 rings (SSSR count). The van der Waals surface area contributed by atoms with Crippen molar-refractivity contribution in [3.8, 4) is 0 Å². The number of nitrogens with one attached hydrogen (secondary N) is 1. The minimum Gasteiger partial charge on any atom is -0.359 e. The van der Waals surface area contributed by atoms with Crippen LogP contribution in [-0.2, 0) is 4.79 Å². The molecule has 0 heterocycles. The molecule has 0 fully saturated rings. The zero-order valence-corrected chi connectivity index (χ0v) is 8.62. The highest BCUT2D eigenvalue weighted by atomic mass is 16.1. The maximum atomic E-state index is 11.6. The van der Waals surface area contributed by atoms with Crippen molar-refractivity contribution in [2.24, 2.45) is 0 Å². The van der Waals surface area contributed by atoms with E-state index in [4.69, 9.17) is 0 Å². The molecule has 0 radical (unpaired) electrons. The van der Waals surface area contributed by atoms with Crippen LogP contribution in [0.1, 0.15) is 34.7 Å². The fraction of sp³-hybridized carbons (Fsp3) is 0.333. The highest BCUT2D eigenvalue weighted by molar-refractivity contribution is 6.01. The molecule has 15 heavy (non-hydrogen) atoms. The predicted octanol–water partition coefficient (Wildman–Crippen LogP) is 1.49. The Kier molecular flexibility index (Phi) is 2.54. The van der Waals surface area contributed by atoms with Crippen molar-refractivity contribution in [1.82, 2.24) is 5.32 Å². The van der Waals surface area contributed by atoms with Crippen LogP contribution in [0.15, 0.2) is 24.3 Å². The van der Waals surface area contributed by atoms with Gasteiger partial charge >= 0.3 is 0 Å². The molecule has 1 aliphatic carbocycles. The summed E-state index contributed by atoms with van der Waals surface area (Å²) in [7, 11) is 1.62. The summed E-state index contributed by atoms with van der Waals surface area (Å²) >= 11 is 0. The molecule has 78 valence electrons. The Bertz CT molecular complexity index is 412. The van der Waals surface area contributed by atoms with Crippen molar-refractivity contribution in [3.63, 3.8) is 0 Å². The van der Waals surface area contributed by atoms with Gasteiger partial charge in [-0.3, -0.25) is 9.59 Å². The topological polar surface area (TPSA) is 46.2 Å². The normalized spacial score (nSPS) is 18.7. The number of hydrogen-bond acceptors (Lipinski definition) is 2. The number of hydrogen-bond donors (Lipinski definition) is 1. The second kappa shape index (κ2) is 3.85. The number of rotatable bonds is 2. The molecule has 0 aliphatic heterocycles. The predicted molar refractivity (Wildman–Crippen MR) is 56.8 cm³/mol. The van der Waals surface area contributed by atoms with Crippen LogP contribution in [0.25, 0.3) is 0 Å². The molecule has 1 unspecified atom stereocenters. The SMILES string of the molecule is CNC(=O)CC1CC(=O)c2ccccc21. The van der Waals surface area contributed by atoms with Crippen LogP contribution in [0.4, 0.5) is 0 Å². The lowest BCUT2D eigenvalue weighted by atomic mass is 9.98. The number of carbonyl (C=O) groups is 2.